The Labute approximate surface area is 103 Å². The van der Waals surface area contributed by atoms with Crippen molar-refractivity contribution in [2.75, 3.05) is 13.1 Å². The summed E-state index contributed by atoms with van der Waals surface area (Å²) in [5.41, 5.74) is 2.16. The Morgan fingerprint density at radius 1 is 1.31 bits per heavy atom. The third kappa shape index (κ3) is 3.01. The summed E-state index contributed by atoms with van der Waals surface area (Å²) in [7, 11) is 0. The maximum absolute atomic E-state index is 5.49. The third-order valence-corrected chi connectivity index (χ3v) is 3.39. The van der Waals surface area contributed by atoms with E-state index in [9.17, 15) is 0 Å². The van der Waals surface area contributed by atoms with Crippen LogP contribution in [0.2, 0.25) is 0 Å². The first-order chi connectivity index (χ1) is 7.75. The number of piperidine rings is 1. The van der Waals surface area contributed by atoms with Gasteiger partial charge in [-0.25, -0.2) is 0 Å². The Kier molecular flexibility index (Phi) is 3.88. The highest BCUT2D eigenvalue weighted by Gasteiger charge is 2.13. The van der Waals surface area contributed by atoms with Gasteiger partial charge in [-0.3, -0.25) is 4.98 Å². The number of hydrogen-bond donors (Lipinski definition) is 0. The Bertz CT molecular complexity index is 370. The molecule has 3 heteroatoms. The smallest absolute Gasteiger partial charge is 0.0839 e. The molecule has 0 atom stereocenters. The summed E-state index contributed by atoms with van der Waals surface area (Å²) in [5.74, 6) is 0. The fourth-order valence-electron chi connectivity index (χ4n) is 2.11. The quantitative estimate of drug-likeness (QED) is 0.732. The van der Waals surface area contributed by atoms with E-state index in [2.05, 4.69) is 22.0 Å². The molecule has 1 aromatic heterocycles. The van der Waals surface area contributed by atoms with Gasteiger partial charge in [0.1, 0.15) is 0 Å². The molecule has 0 spiro atoms. The molecule has 2 rings (SSSR count). The fraction of sp³-hybridized carbons (Fsp3) is 0.538. The van der Waals surface area contributed by atoms with Crippen molar-refractivity contribution in [3.05, 3.63) is 29.6 Å². The molecule has 0 aromatic carbocycles. The first-order valence-corrected chi connectivity index (χ1v) is 6.37. The maximum atomic E-state index is 5.49. The average molecular weight is 234 g/mol. The summed E-state index contributed by atoms with van der Waals surface area (Å²) in [6.07, 6.45) is 4.72. The van der Waals surface area contributed by atoms with E-state index < -0.39 is 0 Å². The van der Waals surface area contributed by atoms with Crippen molar-refractivity contribution in [3.63, 3.8) is 0 Å². The second-order valence-electron chi connectivity index (χ2n) is 4.39. The summed E-state index contributed by atoms with van der Waals surface area (Å²) in [4.78, 5) is 7.88. The van der Waals surface area contributed by atoms with E-state index >= 15 is 0 Å². The highest BCUT2D eigenvalue weighted by Crippen LogP contribution is 2.11. The minimum Gasteiger partial charge on any atom is -0.366 e. The topological polar surface area (TPSA) is 16.1 Å². The number of likely N-dealkylation sites (tertiary alicyclic amines) is 1. The lowest BCUT2D eigenvalue weighted by Crippen LogP contribution is -2.35. The van der Waals surface area contributed by atoms with Crippen molar-refractivity contribution in [2.24, 2.45) is 0 Å². The van der Waals surface area contributed by atoms with E-state index in [0.29, 0.717) is 0 Å². The lowest BCUT2D eigenvalue weighted by molar-refractivity contribution is 0.343. The predicted molar refractivity (Wildman–Crippen MR) is 70.7 cm³/mol. The van der Waals surface area contributed by atoms with Crippen LogP contribution in [0.25, 0.3) is 0 Å². The zero-order chi connectivity index (χ0) is 11.4. The van der Waals surface area contributed by atoms with Gasteiger partial charge in [-0.2, -0.15) is 0 Å². The van der Waals surface area contributed by atoms with Gasteiger partial charge >= 0.3 is 0 Å². The van der Waals surface area contributed by atoms with E-state index in [1.54, 1.807) is 0 Å². The van der Waals surface area contributed by atoms with Crippen molar-refractivity contribution in [1.29, 1.82) is 0 Å². The van der Waals surface area contributed by atoms with Crippen LogP contribution in [0.1, 0.15) is 30.7 Å². The Hall–Kier alpha value is -0.960. The molecule has 0 amide bonds. The number of rotatable bonds is 2. The van der Waals surface area contributed by atoms with Crippen LogP contribution in [-0.2, 0) is 6.42 Å². The standard InChI is InChI=1S/C13H18N2S/c1-11-6-5-7-12(14-11)10-13(16)15-8-3-2-4-9-15/h5-7H,2-4,8-10H2,1H3. The molecule has 86 valence electrons. The van der Waals surface area contributed by atoms with Crippen molar-refractivity contribution in [3.8, 4) is 0 Å². The fourth-order valence-corrected chi connectivity index (χ4v) is 2.44. The number of hydrogen-bond acceptors (Lipinski definition) is 2. The summed E-state index contributed by atoms with van der Waals surface area (Å²) in [6, 6.07) is 6.13. The lowest BCUT2D eigenvalue weighted by Gasteiger charge is -2.29. The van der Waals surface area contributed by atoms with Gasteiger partial charge in [0, 0.05) is 30.9 Å². The van der Waals surface area contributed by atoms with Crippen molar-refractivity contribution < 1.29 is 0 Å². The first kappa shape index (κ1) is 11.5. The molecule has 0 bridgehead atoms. The molecule has 1 aromatic rings. The van der Waals surface area contributed by atoms with Crippen LogP contribution in [0.15, 0.2) is 18.2 Å². The molecule has 2 nitrogen and oxygen atoms in total. The molecule has 1 fully saturated rings. The molecule has 1 aliphatic rings. The zero-order valence-corrected chi connectivity index (χ0v) is 10.6. The van der Waals surface area contributed by atoms with Gasteiger partial charge in [-0.1, -0.05) is 18.3 Å². The molecular formula is C13H18N2S. The third-order valence-electron chi connectivity index (χ3n) is 2.99. The van der Waals surface area contributed by atoms with Crippen LogP contribution in [0.4, 0.5) is 0 Å². The van der Waals surface area contributed by atoms with Crippen LogP contribution in [0.5, 0.6) is 0 Å². The minimum absolute atomic E-state index is 0.816. The molecule has 0 aliphatic carbocycles. The second-order valence-corrected chi connectivity index (χ2v) is 4.86. The molecule has 0 radical (unpaired) electrons. The van der Waals surface area contributed by atoms with Gasteiger partial charge in [-0.05, 0) is 38.3 Å². The van der Waals surface area contributed by atoms with E-state index in [0.717, 1.165) is 35.9 Å². The largest absolute Gasteiger partial charge is 0.366 e. The van der Waals surface area contributed by atoms with Crippen LogP contribution in [0.3, 0.4) is 0 Å². The summed E-state index contributed by atoms with van der Waals surface area (Å²) in [6.45, 7) is 4.28. The number of nitrogens with zero attached hydrogens (tertiary/aromatic N) is 2. The van der Waals surface area contributed by atoms with Gasteiger partial charge in [-0.15, -0.1) is 0 Å². The van der Waals surface area contributed by atoms with Crippen molar-refractivity contribution in [2.45, 2.75) is 32.6 Å². The summed E-state index contributed by atoms with van der Waals surface area (Å²) >= 11 is 5.49. The van der Waals surface area contributed by atoms with Crippen LogP contribution in [-0.4, -0.2) is 28.0 Å². The molecule has 0 unspecified atom stereocenters. The maximum Gasteiger partial charge on any atom is 0.0839 e. The number of thiocarbonyl (C=S) groups is 1. The molecule has 1 aliphatic heterocycles. The number of aryl methyl sites for hydroxylation is 1. The van der Waals surface area contributed by atoms with Gasteiger partial charge in [0.05, 0.1) is 4.99 Å². The second kappa shape index (κ2) is 5.39. The predicted octanol–water partition coefficient (Wildman–Crippen LogP) is 2.75. The Balaban J connectivity index is 1.96. The SMILES string of the molecule is Cc1cccc(CC(=S)N2CCCCC2)n1. The number of aromatic nitrogens is 1. The normalized spacial score (nSPS) is 16.2. The zero-order valence-electron chi connectivity index (χ0n) is 9.78. The Morgan fingerprint density at radius 3 is 2.75 bits per heavy atom. The lowest BCUT2D eigenvalue weighted by atomic mass is 10.1. The monoisotopic (exact) mass is 234 g/mol. The van der Waals surface area contributed by atoms with Gasteiger partial charge < -0.3 is 4.90 Å². The molecule has 2 heterocycles. The molecule has 1 saturated heterocycles. The number of pyridine rings is 1. The summed E-state index contributed by atoms with van der Waals surface area (Å²) < 4.78 is 0. The van der Waals surface area contributed by atoms with E-state index in [1.165, 1.54) is 19.3 Å². The highest BCUT2D eigenvalue weighted by molar-refractivity contribution is 7.80. The van der Waals surface area contributed by atoms with E-state index in [1.807, 2.05) is 13.0 Å². The van der Waals surface area contributed by atoms with Crippen molar-refractivity contribution in [1.82, 2.24) is 9.88 Å². The minimum atomic E-state index is 0.816. The van der Waals surface area contributed by atoms with Gasteiger partial charge in [0.15, 0.2) is 0 Å². The molecule has 0 N–H and O–H groups in total. The molecular weight excluding hydrogens is 216 g/mol. The van der Waals surface area contributed by atoms with Crippen LogP contribution in [0, 0.1) is 6.92 Å². The van der Waals surface area contributed by atoms with E-state index in [4.69, 9.17) is 12.2 Å². The van der Waals surface area contributed by atoms with Gasteiger partial charge in [0.25, 0.3) is 0 Å². The van der Waals surface area contributed by atoms with Crippen LogP contribution < -0.4 is 0 Å². The average Bonchev–Trinajstić information content (AvgIpc) is 2.30. The highest BCUT2D eigenvalue weighted by atomic mass is 32.1. The van der Waals surface area contributed by atoms with Gasteiger partial charge in [0.2, 0.25) is 0 Å². The van der Waals surface area contributed by atoms with Crippen LogP contribution >= 0.6 is 12.2 Å². The molecule has 0 saturated carbocycles. The van der Waals surface area contributed by atoms with E-state index in [-0.39, 0.29) is 0 Å². The summed E-state index contributed by atoms with van der Waals surface area (Å²) in [5, 5.41) is 0. The van der Waals surface area contributed by atoms with Crippen molar-refractivity contribution >= 4 is 17.2 Å². The first-order valence-electron chi connectivity index (χ1n) is 5.96. The molecule has 16 heavy (non-hydrogen) atoms. The Morgan fingerprint density at radius 2 is 2.06 bits per heavy atom.